The Balaban J connectivity index is 2.15. The number of aromatic nitrogens is 4. The summed E-state index contributed by atoms with van der Waals surface area (Å²) in [5.41, 5.74) is -1.02. The van der Waals surface area contributed by atoms with Gasteiger partial charge in [0.15, 0.2) is 5.82 Å². The van der Waals surface area contributed by atoms with E-state index in [9.17, 15) is 18.3 Å². The Morgan fingerprint density at radius 3 is 2.64 bits per heavy atom. The molecule has 0 aliphatic carbocycles. The van der Waals surface area contributed by atoms with Crippen LogP contribution in [0.3, 0.4) is 0 Å². The molecule has 0 amide bonds. The second-order valence-electron chi connectivity index (χ2n) is 5.16. The molecule has 0 saturated heterocycles. The molecule has 2 heterocycles. The lowest BCUT2D eigenvalue weighted by atomic mass is 10.1. The number of hydrogen-bond acceptors (Lipinski definition) is 5. The number of pyridine rings is 1. The maximum atomic E-state index is 13.2. The van der Waals surface area contributed by atoms with Gasteiger partial charge in [0.2, 0.25) is 5.82 Å². The van der Waals surface area contributed by atoms with Gasteiger partial charge in [-0.2, -0.15) is 13.2 Å². The Morgan fingerprint density at radius 2 is 1.96 bits per heavy atom. The van der Waals surface area contributed by atoms with Crippen LogP contribution in [0.5, 0.6) is 11.5 Å². The van der Waals surface area contributed by atoms with E-state index in [2.05, 4.69) is 15.1 Å². The van der Waals surface area contributed by atoms with Gasteiger partial charge in [-0.15, -0.1) is 5.10 Å². The van der Waals surface area contributed by atoms with Crippen molar-refractivity contribution in [3.8, 4) is 34.4 Å². The Hall–Kier alpha value is -3.10. The first-order valence-corrected chi connectivity index (χ1v) is 7.12. The first-order chi connectivity index (χ1) is 11.8. The summed E-state index contributed by atoms with van der Waals surface area (Å²) in [6, 6.07) is 6.60. The molecule has 0 fully saturated rings. The average molecular weight is 350 g/mol. The number of aryl methyl sites for hydroxylation is 1. The summed E-state index contributed by atoms with van der Waals surface area (Å²) in [7, 11) is 2.97. The lowest BCUT2D eigenvalue weighted by Crippen LogP contribution is -2.08. The van der Waals surface area contributed by atoms with E-state index >= 15 is 0 Å². The molecule has 130 valence electrons. The van der Waals surface area contributed by atoms with Gasteiger partial charge in [-0.1, -0.05) is 0 Å². The number of nitrogens with zero attached hydrogens (tertiary/aromatic N) is 4. The number of hydrogen-bond donors (Lipinski definition) is 1. The number of methoxy groups -OCH3 is 1. The largest absolute Gasteiger partial charge is 0.507 e. The summed E-state index contributed by atoms with van der Waals surface area (Å²) in [5, 5.41) is 14.1. The highest BCUT2D eigenvalue weighted by atomic mass is 19.4. The minimum Gasteiger partial charge on any atom is -0.507 e. The zero-order valence-electron chi connectivity index (χ0n) is 13.2. The zero-order chi connectivity index (χ0) is 18.2. The SMILES string of the molecule is COc1ccc(O)c(-c2nc(-c3ncccc3C(F)(F)F)nn2C)c1. The van der Waals surface area contributed by atoms with Crippen molar-refractivity contribution in [1.29, 1.82) is 0 Å². The molecule has 0 radical (unpaired) electrons. The maximum absolute atomic E-state index is 13.2. The van der Waals surface area contributed by atoms with E-state index in [1.165, 1.54) is 43.2 Å². The zero-order valence-corrected chi connectivity index (χ0v) is 13.2. The predicted molar refractivity (Wildman–Crippen MR) is 82.9 cm³/mol. The summed E-state index contributed by atoms with van der Waals surface area (Å²) < 4.78 is 45.9. The highest BCUT2D eigenvalue weighted by Crippen LogP contribution is 2.36. The lowest BCUT2D eigenvalue weighted by molar-refractivity contribution is -0.137. The van der Waals surface area contributed by atoms with Crippen LogP contribution in [-0.4, -0.2) is 32.0 Å². The molecule has 0 spiro atoms. The third-order valence-electron chi connectivity index (χ3n) is 3.53. The molecule has 6 nitrogen and oxygen atoms in total. The summed E-state index contributed by atoms with van der Waals surface area (Å²) in [6.45, 7) is 0. The van der Waals surface area contributed by atoms with Gasteiger partial charge < -0.3 is 9.84 Å². The van der Waals surface area contributed by atoms with Crippen molar-refractivity contribution in [3.05, 3.63) is 42.1 Å². The quantitative estimate of drug-likeness (QED) is 0.785. The number of halogens is 3. The molecule has 1 aromatic carbocycles. The molecule has 0 unspecified atom stereocenters. The Labute approximate surface area is 140 Å². The van der Waals surface area contributed by atoms with Crippen LogP contribution < -0.4 is 4.74 Å². The number of benzene rings is 1. The topological polar surface area (TPSA) is 73.1 Å². The number of rotatable bonds is 3. The summed E-state index contributed by atoms with van der Waals surface area (Å²) in [4.78, 5) is 7.91. The van der Waals surface area contributed by atoms with E-state index in [1.807, 2.05) is 0 Å². The first-order valence-electron chi connectivity index (χ1n) is 7.12. The normalized spacial score (nSPS) is 11.6. The van der Waals surface area contributed by atoms with E-state index in [1.54, 1.807) is 6.07 Å². The van der Waals surface area contributed by atoms with Crippen LogP contribution in [0.4, 0.5) is 13.2 Å². The maximum Gasteiger partial charge on any atom is 0.418 e. The molecule has 0 bridgehead atoms. The highest BCUT2D eigenvalue weighted by molar-refractivity contribution is 5.68. The van der Waals surface area contributed by atoms with E-state index in [4.69, 9.17) is 4.74 Å². The number of alkyl halides is 3. The van der Waals surface area contributed by atoms with E-state index in [-0.39, 0.29) is 28.7 Å². The molecular weight excluding hydrogens is 337 g/mol. The molecule has 25 heavy (non-hydrogen) atoms. The van der Waals surface area contributed by atoms with Gasteiger partial charge in [-0.05, 0) is 30.3 Å². The number of ether oxygens (including phenoxy) is 1. The Kier molecular flexibility index (Phi) is 4.07. The first kappa shape index (κ1) is 16.7. The van der Waals surface area contributed by atoms with E-state index in [0.29, 0.717) is 5.75 Å². The monoisotopic (exact) mass is 350 g/mol. The molecule has 9 heteroatoms. The van der Waals surface area contributed by atoms with Crippen LogP contribution in [0.15, 0.2) is 36.5 Å². The van der Waals surface area contributed by atoms with Crippen LogP contribution in [0.2, 0.25) is 0 Å². The van der Waals surface area contributed by atoms with Crippen LogP contribution in [0.1, 0.15) is 5.56 Å². The van der Waals surface area contributed by atoms with Crippen LogP contribution in [0.25, 0.3) is 22.9 Å². The van der Waals surface area contributed by atoms with Crippen molar-refractivity contribution in [2.24, 2.45) is 7.05 Å². The summed E-state index contributed by atoms with van der Waals surface area (Å²) >= 11 is 0. The van der Waals surface area contributed by atoms with Crippen molar-refractivity contribution in [1.82, 2.24) is 19.7 Å². The fraction of sp³-hybridized carbons (Fsp3) is 0.188. The third-order valence-corrected chi connectivity index (χ3v) is 3.53. The van der Waals surface area contributed by atoms with Gasteiger partial charge in [0.05, 0.1) is 18.2 Å². The molecule has 0 atom stereocenters. The van der Waals surface area contributed by atoms with Gasteiger partial charge in [0, 0.05) is 13.2 Å². The van der Waals surface area contributed by atoms with Crippen LogP contribution in [0, 0.1) is 0 Å². The fourth-order valence-corrected chi connectivity index (χ4v) is 2.35. The summed E-state index contributed by atoms with van der Waals surface area (Å²) in [6.07, 6.45) is -3.34. The van der Waals surface area contributed by atoms with Crippen molar-refractivity contribution >= 4 is 0 Å². The standard InChI is InChI=1S/C16H13F3N4O2/c1-23-15(10-8-9(25-2)5-6-12(10)24)21-14(22-23)13-11(16(17,18)19)4-3-7-20-13/h3-8,24H,1-2H3. The Bertz CT molecular complexity index is 922. The van der Waals surface area contributed by atoms with E-state index < -0.39 is 11.7 Å². The predicted octanol–water partition coefficient (Wildman–Crippen LogP) is 3.28. The fourth-order valence-electron chi connectivity index (χ4n) is 2.35. The molecule has 0 saturated carbocycles. The van der Waals surface area contributed by atoms with Gasteiger partial charge in [-0.25, -0.2) is 9.67 Å². The van der Waals surface area contributed by atoms with E-state index in [0.717, 1.165) is 6.07 Å². The number of aromatic hydroxyl groups is 1. The number of phenolic OH excluding ortho intramolecular Hbond substituents is 1. The molecule has 0 aliphatic heterocycles. The van der Waals surface area contributed by atoms with Gasteiger partial charge in [0.1, 0.15) is 17.2 Å². The smallest absolute Gasteiger partial charge is 0.418 e. The van der Waals surface area contributed by atoms with Crippen LogP contribution in [-0.2, 0) is 13.2 Å². The van der Waals surface area contributed by atoms with Crippen molar-refractivity contribution in [3.63, 3.8) is 0 Å². The van der Waals surface area contributed by atoms with Gasteiger partial charge in [0.25, 0.3) is 0 Å². The van der Waals surface area contributed by atoms with Crippen molar-refractivity contribution < 1.29 is 23.0 Å². The molecule has 1 N–H and O–H groups in total. The molecular formula is C16H13F3N4O2. The third kappa shape index (κ3) is 3.12. The van der Waals surface area contributed by atoms with Crippen LogP contribution >= 0.6 is 0 Å². The molecule has 2 aromatic heterocycles. The lowest BCUT2D eigenvalue weighted by Gasteiger charge is -2.08. The van der Waals surface area contributed by atoms with Gasteiger partial charge >= 0.3 is 6.18 Å². The van der Waals surface area contributed by atoms with Crippen molar-refractivity contribution in [2.75, 3.05) is 7.11 Å². The minimum absolute atomic E-state index is 0.0973. The minimum atomic E-state index is -4.58. The van der Waals surface area contributed by atoms with Crippen molar-refractivity contribution in [2.45, 2.75) is 6.18 Å². The molecule has 3 rings (SSSR count). The molecule has 3 aromatic rings. The number of phenols is 1. The highest BCUT2D eigenvalue weighted by Gasteiger charge is 2.35. The second kappa shape index (κ2) is 6.08. The van der Waals surface area contributed by atoms with Gasteiger partial charge in [-0.3, -0.25) is 4.98 Å². The second-order valence-corrected chi connectivity index (χ2v) is 5.16. The molecule has 0 aliphatic rings. The Morgan fingerprint density at radius 1 is 1.20 bits per heavy atom. The average Bonchev–Trinajstić information content (AvgIpc) is 2.96. The summed E-state index contributed by atoms with van der Waals surface area (Å²) in [5.74, 6) is 0.365.